The highest BCUT2D eigenvalue weighted by molar-refractivity contribution is 5.69. The van der Waals surface area contributed by atoms with E-state index in [1.807, 2.05) is 24.3 Å². The molecule has 0 aromatic heterocycles. The van der Waals surface area contributed by atoms with Gasteiger partial charge in [0.2, 0.25) is 0 Å². The Morgan fingerprint density at radius 2 is 1.92 bits per heavy atom. The predicted octanol–water partition coefficient (Wildman–Crippen LogP) is 4.71. The van der Waals surface area contributed by atoms with E-state index in [0.717, 1.165) is 24.0 Å². The zero-order chi connectivity index (χ0) is 18.6. The number of nitrogens with one attached hydrogen (secondary N) is 1. The van der Waals surface area contributed by atoms with Gasteiger partial charge in [-0.1, -0.05) is 75.8 Å². The number of carbonyl (C=O) groups is 1. The monoisotopic (exact) mass is 357 g/mol. The summed E-state index contributed by atoms with van der Waals surface area (Å²) in [6.07, 6.45) is 10.1. The van der Waals surface area contributed by atoms with E-state index in [2.05, 4.69) is 24.1 Å². The van der Waals surface area contributed by atoms with Crippen LogP contribution >= 0.6 is 0 Å². The second kappa shape index (κ2) is 11.6. The van der Waals surface area contributed by atoms with Gasteiger partial charge in [-0.05, 0) is 24.1 Å². The van der Waals surface area contributed by atoms with Gasteiger partial charge in [0.05, 0.1) is 6.04 Å². The molecule has 0 spiro atoms. The molecule has 1 unspecified atom stereocenters. The molecule has 1 amide bonds. The maximum Gasteiger partial charge on any atom is 0.407 e. The number of rotatable bonds is 10. The molecule has 1 saturated heterocycles. The van der Waals surface area contributed by atoms with E-state index in [4.69, 9.17) is 4.74 Å². The van der Waals surface area contributed by atoms with Crippen molar-refractivity contribution < 1.29 is 14.6 Å². The topological polar surface area (TPSA) is 58.6 Å². The molecule has 4 heteroatoms. The van der Waals surface area contributed by atoms with Crippen LogP contribution in [0.5, 0.6) is 0 Å². The third kappa shape index (κ3) is 7.09. The third-order valence-electron chi connectivity index (χ3n) is 4.69. The van der Waals surface area contributed by atoms with Gasteiger partial charge < -0.3 is 15.2 Å². The number of cyclic esters (lactones) is 1. The Morgan fingerprint density at radius 3 is 2.62 bits per heavy atom. The van der Waals surface area contributed by atoms with E-state index in [1.165, 1.54) is 44.9 Å². The fraction of sp³-hybridized carbons (Fsp3) is 0.591. The molecule has 2 atom stereocenters. The van der Waals surface area contributed by atoms with E-state index in [1.54, 1.807) is 0 Å². The van der Waals surface area contributed by atoms with Crippen molar-refractivity contribution in [1.82, 2.24) is 5.32 Å². The number of aliphatic hydroxyl groups is 1. The summed E-state index contributed by atoms with van der Waals surface area (Å²) < 4.78 is 4.84. The summed E-state index contributed by atoms with van der Waals surface area (Å²) in [6.45, 7) is 2.43. The largest absolute Gasteiger partial charge is 0.447 e. The molecule has 0 aliphatic carbocycles. The van der Waals surface area contributed by atoms with Gasteiger partial charge in [0.25, 0.3) is 0 Å². The Hall–Kier alpha value is -1.99. The summed E-state index contributed by atoms with van der Waals surface area (Å²) in [5.41, 5.74) is 1.64. The lowest BCUT2D eigenvalue weighted by molar-refractivity contribution is 0.125. The minimum atomic E-state index is -0.782. The molecule has 0 radical (unpaired) electrons. The molecule has 4 nitrogen and oxygen atoms in total. The average molecular weight is 357 g/mol. The standard InChI is InChI=1S/C22H31NO3/c1-2-3-4-5-6-7-8-9-10-11-13-18-14-12-15-19(16-18)21(24)20-17-26-22(25)23-20/h12,14-16,20-21,24H,2-10,17H2,1H3,(H,23,25)/t20-,21?/m0/s1. The van der Waals surface area contributed by atoms with Crippen molar-refractivity contribution >= 4 is 6.09 Å². The van der Waals surface area contributed by atoms with Gasteiger partial charge in [0.15, 0.2) is 0 Å². The Kier molecular flexibility index (Phi) is 9.06. The number of hydrogen-bond acceptors (Lipinski definition) is 3. The van der Waals surface area contributed by atoms with E-state index in [-0.39, 0.29) is 6.61 Å². The zero-order valence-corrected chi connectivity index (χ0v) is 15.8. The van der Waals surface area contributed by atoms with E-state index < -0.39 is 18.2 Å². The normalized spacial score (nSPS) is 17.2. The summed E-state index contributed by atoms with van der Waals surface area (Å²) in [5, 5.41) is 13.0. The van der Waals surface area contributed by atoms with Crippen LogP contribution in [0.1, 0.15) is 81.9 Å². The van der Waals surface area contributed by atoms with Crippen LogP contribution in [0.25, 0.3) is 0 Å². The van der Waals surface area contributed by atoms with Crippen LogP contribution < -0.4 is 5.32 Å². The summed E-state index contributed by atoms with van der Waals surface area (Å²) >= 11 is 0. The Morgan fingerprint density at radius 1 is 1.19 bits per heavy atom. The lowest BCUT2D eigenvalue weighted by Gasteiger charge is -2.16. The van der Waals surface area contributed by atoms with Gasteiger partial charge in [0.1, 0.15) is 12.7 Å². The smallest absolute Gasteiger partial charge is 0.407 e. The van der Waals surface area contributed by atoms with Gasteiger partial charge in [0, 0.05) is 12.0 Å². The maximum atomic E-state index is 11.1. The SMILES string of the molecule is CCCCCCCCCCC#Cc1cccc(C(O)[C@@H]2COC(=O)N2)c1. The summed E-state index contributed by atoms with van der Waals surface area (Å²) in [4.78, 5) is 11.1. The summed E-state index contributed by atoms with van der Waals surface area (Å²) in [6, 6.07) is 7.16. The van der Waals surface area contributed by atoms with Crippen molar-refractivity contribution in [3.05, 3.63) is 35.4 Å². The van der Waals surface area contributed by atoms with Crippen LogP contribution in [-0.4, -0.2) is 23.8 Å². The lowest BCUT2D eigenvalue weighted by atomic mass is 10.0. The highest BCUT2D eigenvalue weighted by Gasteiger charge is 2.29. The highest BCUT2D eigenvalue weighted by Crippen LogP contribution is 2.20. The first-order valence-electron chi connectivity index (χ1n) is 9.91. The second-order valence-electron chi connectivity index (χ2n) is 6.95. The first kappa shape index (κ1) is 20.3. The van der Waals surface area contributed by atoms with Gasteiger partial charge in [-0.15, -0.1) is 0 Å². The minimum absolute atomic E-state index is 0.189. The maximum absolute atomic E-state index is 11.1. The van der Waals surface area contributed by atoms with E-state index in [9.17, 15) is 9.90 Å². The summed E-state index contributed by atoms with van der Waals surface area (Å²) in [5.74, 6) is 6.41. The molecule has 2 rings (SSSR count). The molecule has 1 heterocycles. The van der Waals surface area contributed by atoms with Crippen molar-refractivity contribution in [3.8, 4) is 11.8 Å². The van der Waals surface area contributed by atoms with Crippen LogP contribution in [-0.2, 0) is 4.74 Å². The fourth-order valence-electron chi connectivity index (χ4n) is 3.11. The van der Waals surface area contributed by atoms with Gasteiger partial charge in [-0.25, -0.2) is 4.79 Å². The molecule has 1 aliphatic rings. The Bertz CT molecular complexity index is 617. The molecule has 0 bridgehead atoms. The second-order valence-corrected chi connectivity index (χ2v) is 6.95. The molecule has 142 valence electrons. The van der Waals surface area contributed by atoms with Crippen LogP contribution in [0.15, 0.2) is 24.3 Å². The molecule has 26 heavy (non-hydrogen) atoms. The fourth-order valence-corrected chi connectivity index (χ4v) is 3.11. The number of unbranched alkanes of at least 4 members (excludes halogenated alkanes) is 8. The van der Waals surface area contributed by atoms with E-state index >= 15 is 0 Å². The third-order valence-corrected chi connectivity index (χ3v) is 4.69. The van der Waals surface area contributed by atoms with Crippen LogP contribution in [0.2, 0.25) is 0 Å². The number of ether oxygens (including phenoxy) is 1. The lowest BCUT2D eigenvalue weighted by Crippen LogP contribution is -2.32. The van der Waals surface area contributed by atoms with Crippen molar-refractivity contribution in [2.24, 2.45) is 0 Å². The van der Waals surface area contributed by atoms with Gasteiger partial charge in [-0.3, -0.25) is 0 Å². The molecular formula is C22H31NO3. The quantitative estimate of drug-likeness (QED) is 0.471. The van der Waals surface area contributed by atoms with E-state index in [0.29, 0.717) is 0 Å². The van der Waals surface area contributed by atoms with Gasteiger partial charge >= 0.3 is 6.09 Å². The molecule has 0 saturated carbocycles. The molecule has 1 aromatic rings. The van der Waals surface area contributed by atoms with Crippen molar-refractivity contribution in [3.63, 3.8) is 0 Å². The predicted molar refractivity (Wildman–Crippen MR) is 104 cm³/mol. The van der Waals surface area contributed by atoms with Crippen molar-refractivity contribution in [2.75, 3.05) is 6.61 Å². The van der Waals surface area contributed by atoms with Crippen LogP contribution in [0.3, 0.4) is 0 Å². The molecular weight excluding hydrogens is 326 g/mol. The van der Waals surface area contributed by atoms with Crippen molar-refractivity contribution in [2.45, 2.75) is 76.9 Å². The minimum Gasteiger partial charge on any atom is -0.447 e. The number of aliphatic hydroxyl groups excluding tert-OH is 1. The first-order valence-corrected chi connectivity index (χ1v) is 9.91. The van der Waals surface area contributed by atoms with Gasteiger partial charge in [-0.2, -0.15) is 0 Å². The summed E-state index contributed by atoms with van der Waals surface area (Å²) in [7, 11) is 0. The zero-order valence-electron chi connectivity index (χ0n) is 15.8. The molecule has 1 fully saturated rings. The molecule has 1 aromatic carbocycles. The van der Waals surface area contributed by atoms with Crippen molar-refractivity contribution in [1.29, 1.82) is 0 Å². The number of hydrogen-bond donors (Lipinski definition) is 2. The van der Waals surface area contributed by atoms with Crippen LogP contribution in [0.4, 0.5) is 4.79 Å². The first-order chi connectivity index (χ1) is 12.7. The Balaban J connectivity index is 1.70. The Labute approximate surface area is 157 Å². The average Bonchev–Trinajstić information content (AvgIpc) is 3.09. The number of alkyl carbamates (subject to hydrolysis) is 1. The number of amides is 1. The highest BCUT2D eigenvalue weighted by atomic mass is 16.6. The number of benzene rings is 1. The van der Waals surface area contributed by atoms with Crippen LogP contribution in [0, 0.1) is 11.8 Å². The molecule has 1 aliphatic heterocycles. The number of carbonyl (C=O) groups excluding carboxylic acids is 1. The molecule has 2 N–H and O–H groups in total.